The number of carbonyl (C=O) groups is 2. The number of carboxylic acids is 1. The minimum atomic E-state index is -1.15. The van der Waals surface area contributed by atoms with E-state index < -0.39 is 18.0 Å². The van der Waals surface area contributed by atoms with Crippen LogP contribution in [0, 0.1) is 6.92 Å². The highest BCUT2D eigenvalue weighted by Gasteiger charge is 2.23. The summed E-state index contributed by atoms with van der Waals surface area (Å²) in [7, 11) is 1.68. The number of hydrogen-bond donors (Lipinski definition) is 3. The minimum Gasteiger partial charge on any atom is -0.479 e. The molecule has 9 heteroatoms. The Hall–Kier alpha value is -2.42. The highest BCUT2D eigenvalue weighted by atomic mass is 32.1. The molecule has 0 aliphatic rings. The molecule has 0 aromatic carbocycles. The van der Waals surface area contributed by atoms with E-state index in [0.717, 1.165) is 9.88 Å². The average Bonchev–Trinajstić information content (AvgIpc) is 3.02. The fraction of sp³-hybridized carbons (Fsp3) is 0.333. The summed E-state index contributed by atoms with van der Waals surface area (Å²) in [5.41, 5.74) is 0.411. The van der Waals surface area contributed by atoms with Gasteiger partial charge in [-0.15, -0.1) is 11.3 Å². The number of aryl methyl sites for hydroxylation is 2. The maximum absolute atomic E-state index is 11.8. The predicted molar refractivity (Wildman–Crippen MR) is 75.8 cm³/mol. The Morgan fingerprint density at radius 1 is 1.48 bits per heavy atom. The average molecular weight is 309 g/mol. The van der Waals surface area contributed by atoms with Crippen molar-refractivity contribution >= 4 is 23.3 Å². The van der Waals surface area contributed by atoms with Crippen LogP contribution in [0.2, 0.25) is 0 Å². The van der Waals surface area contributed by atoms with Crippen molar-refractivity contribution in [2.45, 2.75) is 19.5 Å². The van der Waals surface area contributed by atoms with Crippen LogP contribution < -0.4 is 10.6 Å². The van der Waals surface area contributed by atoms with E-state index in [1.807, 2.05) is 6.92 Å². The van der Waals surface area contributed by atoms with Gasteiger partial charge >= 0.3 is 12.0 Å². The summed E-state index contributed by atoms with van der Waals surface area (Å²) in [6.07, 6.45) is 4.63. The highest BCUT2D eigenvalue weighted by molar-refractivity contribution is 7.11. The number of thiazole rings is 1. The second-order valence-corrected chi connectivity index (χ2v) is 5.71. The molecular weight excluding hydrogens is 294 g/mol. The molecule has 0 saturated carbocycles. The van der Waals surface area contributed by atoms with Crippen molar-refractivity contribution in [3.8, 4) is 0 Å². The molecule has 0 saturated heterocycles. The molecule has 0 radical (unpaired) electrons. The number of amides is 2. The van der Waals surface area contributed by atoms with Crippen LogP contribution in [0.15, 0.2) is 18.6 Å². The van der Waals surface area contributed by atoms with E-state index >= 15 is 0 Å². The van der Waals surface area contributed by atoms with Crippen LogP contribution >= 0.6 is 11.3 Å². The minimum absolute atomic E-state index is 0.302. The molecule has 1 unspecified atom stereocenters. The SMILES string of the molecule is Cc1ncc(CNC(=O)NC(C(=O)O)c2cnn(C)c2)s1. The molecule has 8 nitrogen and oxygen atoms in total. The first-order valence-corrected chi connectivity index (χ1v) is 6.94. The van der Waals surface area contributed by atoms with Gasteiger partial charge in [-0.25, -0.2) is 14.6 Å². The molecule has 0 bridgehead atoms. The third-order valence-electron chi connectivity index (χ3n) is 2.67. The van der Waals surface area contributed by atoms with Crippen molar-refractivity contribution in [3.63, 3.8) is 0 Å². The lowest BCUT2D eigenvalue weighted by Crippen LogP contribution is -2.40. The number of aliphatic carboxylic acids is 1. The quantitative estimate of drug-likeness (QED) is 0.757. The van der Waals surface area contributed by atoms with E-state index in [2.05, 4.69) is 20.7 Å². The van der Waals surface area contributed by atoms with Crippen LogP contribution in [-0.2, 0) is 18.4 Å². The van der Waals surface area contributed by atoms with Crippen LogP contribution in [0.3, 0.4) is 0 Å². The molecule has 112 valence electrons. The van der Waals surface area contributed by atoms with E-state index in [1.165, 1.54) is 22.2 Å². The summed E-state index contributed by atoms with van der Waals surface area (Å²) in [5, 5.41) is 19.0. The van der Waals surface area contributed by atoms with Gasteiger partial charge in [0.25, 0.3) is 0 Å². The molecule has 2 rings (SSSR count). The number of rotatable bonds is 5. The topological polar surface area (TPSA) is 109 Å². The van der Waals surface area contributed by atoms with Gasteiger partial charge in [0.05, 0.1) is 17.7 Å². The van der Waals surface area contributed by atoms with Crippen LogP contribution in [0.25, 0.3) is 0 Å². The first-order valence-electron chi connectivity index (χ1n) is 6.12. The van der Waals surface area contributed by atoms with Crippen molar-refractivity contribution in [3.05, 3.63) is 34.0 Å². The van der Waals surface area contributed by atoms with Gasteiger partial charge in [-0.05, 0) is 6.92 Å². The van der Waals surface area contributed by atoms with Gasteiger partial charge in [0, 0.05) is 29.9 Å². The Bertz CT molecular complexity index is 651. The molecule has 0 spiro atoms. The fourth-order valence-corrected chi connectivity index (χ4v) is 2.45. The molecule has 1 atom stereocenters. The first-order chi connectivity index (χ1) is 9.95. The summed E-state index contributed by atoms with van der Waals surface area (Å²) in [6.45, 7) is 2.17. The standard InChI is InChI=1S/C12H15N5O3S/c1-7-13-4-9(21-7)5-14-12(20)16-10(11(18)19)8-3-15-17(2)6-8/h3-4,6,10H,5H2,1-2H3,(H,18,19)(H2,14,16,20). The van der Waals surface area contributed by atoms with Crippen LogP contribution in [0.1, 0.15) is 21.5 Å². The van der Waals surface area contributed by atoms with Crippen molar-refractivity contribution in [1.82, 2.24) is 25.4 Å². The lowest BCUT2D eigenvalue weighted by molar-refractivity contribution is -0.139. The van der Waals surface area contributed by atoms with Crippen molar-refractivity contribution in [1.29, 1.82) is 0 Å². The van der Waals surface area contributed by atoms with Gasteiger partial charge < -0.3 is 15.7 Å². The van der Waals surface area contributed by atoms with Gasteiger partial charge in [-0.1, -0.05) is 0 Å². The third-order valence-corrected chi connectivity index (χ3v) is 3.59. The Kier molecular flexibility index (Phi) is 4.53. The highest BCUT2D eigenvalue weighted by Crippen LogP contribution is 2.13. The van der Waals surface area contributed by atoms with Gasteiger partial charge in [-0.2, -0.15) is 5.10 Å². The second kappa shape index (κ2) is 6.35. The third kappa shape index (κ3) is 4.02. The predicted octanol–water partition coefficient (Wildman–Crippen LogP) is 0.810. The lowest BCUT2D eigenvalue weighted by atomic mass is 10.1. The van der Waals surface area contributed by atoms with Gasteiger partial charge in [0.2, 0.25) is 0 Å². The maximum Gasteiger partial charge on any atom is 0.331 e. The Labute approximate surface area is 124 Å². The van der Waals surface area contributed by atoms with E-state index in [0.29, 0.717) is 12.1 Å². The molecule has 0 fully saturated rings. The van der Waals surface area contributed by atoms with Crippen LogP contribution in [-0.4, -0.2) is 31.9 Å². The molecule has 2 aromatic heterocycles. The number of nitrogens with one attached hydrogen (secondary N) is 2. The summed E-state index contributed by atoms with van der Waals surface area (Å²) < 4.78 is 1.48. The molecule has 0 aliphatic heterocycles. The zero-order valence-electron chi connectivity index (χ0n) is 11.5. The maximum atomic E-state index is 11.8. The molecule has 21 heavy (non-hydrogen) atoms. The summed E-state index contributed by atoms with van der Waals surface area (Å²) >= 11 is 1.47. The summed E-state index contributed by atoms with van der Waals surface area (Å²) in [6, 6.07) is -1.70. The molecule has 0 aliphatic carbocycles. The number of urea groups is 1. The smallest absolute Gasteiger partial charge is 0.331 e. The molecule has 2 heterocycles. The lowest BCUT2D eigenvalue weighted by Gasteiger charge is -2.13. The zero-order chi connectivity index (χ0) is 15.4. The van der Waals surface area contributed by atoms with Gasteiger partial charge in [0.1, 0.15) is 0 Å². The monoisotopic (exact) mass is 309 g/mol. The van der Waals surface area contributed by atoms with E-state index in [4.69, 9.17) is 0 Å². The molecule has 2 aromatic rings. The van der Waals surface area contributed by atoms with Crippen LogP contribution in [0.4, 0.5) is 4.79 Å². The fourth-order valence-electron chi connectivity index (χ4n) is 1.71. The zero-order valence-corrected chi connectivity index (χ0v) is 12.3. The number of carbonyl (C=O) groups excluding carboxylic acids is 1. The number of nitrogens with zero attached hydrogens (tertiary/aromatic N) is 3. The van der Waals surface area contributed by atoms with E-state index in [9.17, 15) is 14.7 Å². The normalized spacial score (nSPS) is 11.9. The Balaban J connectivity index is 1.94. The van der Waals surface area contributed by atoms with Crippen LogP contribution in [0.5, 0.6) is 0 Å². The van der Waals surface area contributed by atoms with Crippen molar-refractivity contribution in [2.24, 2.45) is 7.05 Å². The summed E-state index contributed by atoms with van der Waals surface area (Å²) in [5.74, 6) is -1.15. The number of carboxylic acid groups (broad SMARTS) is 1. The number of aromatic nitrogens is 3. The van der Waals surface area contributed by atoms with Gasteiger partial charge in [0.15, 0.2) is 6.04 Å². The number of hydrogen-bond acceptors (Lipinski definition) is 5. The Morgan fingerprint density at radius 2 is 2.24 bits per heavy atom. The molecular formula is C12H15N5O3S. The molecule has 3 N–H and O–H groups in total. The van der Waals surface area contributed by atoms with Crippen molar-refractivity contribution < 1.29 is 14.7 Å². The first kappa shape index (κ1) is 15.0. The largest absolute Gasteiger partial charge is 0.479 e. The summed E-state index contributed by atoms with van der Waals surface area (Å²) in [4.78, 5) is 28.0. The molecule has 2 amide bonds. The Morgan fingerprint density at radius 3 is 2.76 bits per heavy atom. The second-order valence-electron chi connectivity index (χ2n) is 4.39. The van der Waals surface area contributed by atoms with E-state index in [-0.39, 0.29) is 0 Å². The van der Waals surface area contributed by atoms with Crippen molar-refractivity contribution in [2.75, 3.05) is 0 Å². The van der Waals surface area contributed by atoms with Gasteiger partial charge in [-0.3, -0.25) is 4.68 Å². The van der Waals surface area contributed by atoms with E-state index in [1.54, 1.807) is 19.4 Å².